The number of rotatable bonds is 15. The Kier molecular flexibility index (Phi) is 12.1. The number of ether oxygens (including phenoxy) is 1. The molecular formula is C34H48N3O5-. The van der Waals surface area contributed by atoms with Crippen LogP contribution >= 0.6 is 0 Å². The molecule has 2 heterocycles. The molecule has 0 aliphatic heterocycles. The number of hydrogen-bond acceptors (Lipinski definition) is 7. The van der Waals surface area contributed by atoms with Crippen molar-refractivity contribution in [3.05, 3.63) is 71.7 Å². The molecule has 6 unspecified atom stereocenters. The van der Waals surface area contributed by atoms with E-state index in [0.717, 1.165) is 42.0 Å². The molecule has 0 bridgehead atoms. The Balaban J connectivity index is 1.34. The van der Waals surface area contributed by atoms with Crippen LogP contribution in [0.4, 0.5) is 5.82 Å². The number of nitrogens with zero attached hydrogens (tertiary/aromatic N) is 2. The third kappa shape index (κ3) is 9.48. The summed E-state index contributed by atoms with van der Waals surface area (Å²) in [5, 5.41) is 42.3. The largest absolute Gasteiger partial charge is 0.668 e. The zero-order valence-electron chi connectivity index (χ0n) is 24.8. The predicted molar refractivity (Wildman–Crippen MR) is 164 cm³/mol. The third-order valence-corrected chi connectivity index (χ3v) is 8.95. The lowest BCUT2D eigenvalue weighted by Gasteiger charge is -2.26. The standard InChI is InChI=1S/C34H48N3O5/c1-2-23-5-3-6-25(11-8-23)32(41)21-29(39)12-9-24-10-13-31(40)33(17-24)42-30(22-38)19-27(18-28-7-4-15-36-28)26-14-16-37-34(35)20-26/h4,7,10,13-17,20,23,25,27,29-30,32,38-41H,2-3,5-6,8-9,11-12,18-19,21-22H2,1H3,(H2,35,37)/q-1. The molecule has 4 rings (SSSR count). The van der Waals surface area contributed by atoms with E-state index in [9.17, 15) is 20.4 Å². The summed E-state index contributed by atoms with van der Waals surface area (Å²) in [6.45, 7) is 2.01. The molecule has 0 radical (unpaired) electrons. The van der Waals surface area contributed by atoms with Crippen LogP contribution in [0, 0.1) is 11.8 Å². The zero-order valence-corrected chi connectivity index (χ0v) is 24.8. The van der Waals surface area contributed by atoms with Crippen LogP contribution in [0.2, 0.25) is 0 Å². The van der Waals surface area contributed by atoms with Crippen molar-refractivity contribution in [2.45, 2.75) is 102 Å². The van der Waals surface area contributed by atoms with Crippen LogP contribution in [0.15, 0.2) is 54.9 Å². The summed E-state index contributed by atoms with van der Waals surface area (Å²) in [6, 6.07) is 12.8. The molecule has 230 valence electrons. The van der Waals surface area contributed by atoms with Crippen molar-refractivity contribution in [1.29, 1.82) is 0 Å². The number of aliphatic hydroxyl groups is 3. The van der Waals surface area contributed by atoms with Gasteiger partial charge in [0.25, 0.3) is 0 Å². The fourth-order valence-electron chi connectivity index (χ4n) is 6.35. The molecule has 0 saturated heterocycles. The quantitative estimate of drug-likeness (QED) is 0.156. The number of aromatic hydroxyl groups is 1. The second-order valence-corrected chi connectivity index (χ2v) is 12.0. The molecule has 0 amide bonds. The van der Waals surface area contributed by atoms with E-state index in [1.54, 1.807) is 24.5 Å². The van der Waals surface area contributed by atoms with E-state index in [1.807, 2.05) is 30.3 Å². The van der Waals surface area contributed by atoms with Gasteiger partial charge in [-0.2, -0.15) is 11.9 Å². The van der Waals surface area contributed by atoms with E-state index in [-0.39, 0.29) is 24.2 Å². The highest BCUT2D eigenvalue weighted by Crippen LogP contribution is 2.34. The molecule has 1 fully saturated rings. The number of anilines is 1. The number of aryl methyl sites for hydroxylation is 1. The van der Waals surface area contributed by atoms with Crippen LogP contribution in [0.1, 0.15) is 87.4 Å². The first-order valence-corrected chi connectivity index (χ1v) is 15.6. The number of benzene rings is 1. The second-order valence-electron chi connectivity index (χ2n) is 12.0. The average Bonchev–Trinajstić information content (AvgIpc) is 3.38. The number of aromatic nitrogens is 2. The van der Waals surface area contributed by atoms with Crippen LogP contribution in [0.25, 0.3) is 0 Å². The summed E-state index contributed by atoms with van der Waals surface area (Å²) in [4.78, 5) is 8.51. The molecule has 1 aromatic carbocycles. The Hall–Kier alpha value is -3.07. The monoisotopic (exact) mass is 578 g/mol. The molecule has 1 aliphatic carbocycles. The Morgan fingerprint density at radius 1 is 1.07 bits per heavy atom. The zero-order chi connectivity index (χ0) is 29.9. The van der Waals surface area contributed by atoms with Crippen molar-refractivity contribution in [3.8, 4) is 11.5 Å². The Morgan fingerprint density at radius 3 is 2.67 bits per heavy atom. The molecule has 1 saturated carbocycles. The number of nitrogens with two attached hydrogens (primary N) is 1. The molecule has 6 atom stereocenters. The Bertz CT molecular complexity index is 1200. The van der Waals surface area contributed by atoms with Crippen molar-refractivity contribution < 1.29 is 25.2 Å². The average molecular weight is 579 g/mol. The van der Waals surface area contributed by atoms with E-state index in [4.69, 9.17) is 10.5 Å². The lowest BCUT2D eigenvalue weighted by molar-refractivity contribution is 0.0352. The van der Waals surface area contributed by atoms with E-state index in [2.05, 4.69) is 16.9 Å². The first kappa shape index (κ1) is 31.9. The summed E-state index contributed by atoms with van der Waals surface area (Å²) >= 11 is 0. The molecule has 3 aromatic rings. The fraction of sp³-hybridized carbons (Fsp3) is 0.559. The number of pyridine rings is 1. The summed E-state index contributed by atoms with van der Waals surface area (Å²) in [5.74, 6) is 1.71. The maximum Gasteiger partial charge on any atom is 0.161 e. The van der Waals surface area contributed by atoms with Crippen LogP contribution in [0.5, 0.6) is 11.5 Å². The molecule has 8 heteroatoms. The van der Waals surface area contributed by atoms with Crippen LogP contribution in [-0.2, 0) is 12.8 Å². The van der Waals surface area contributed by atoms with E-state index in [1.165, 1.54) is 19.3 Å². The van der Waals surface area contributed by atoms with Crippen molar-refractivity contribution in [1.82, 2.24) is 9.97 Å². The second kappa shape index (κ2) is 16.0. The molecular weight excluding hydrogens is 530 g/mol. The fourth-order valence-corrected chi connectivity index (χ4v) is 6.35. The molecule has 1 aliphatic rings. The van der Waals surface area contributed by atoms with Crippen molar-refractivity contribution >= 4 is 5.82 Å². The van der Waals surface area contributed by atoms with Gasteiger partial charge in [-0.3, -0.25) is 0 Å². The van der Waals surface area contributed by atoms with Gasteiger partial charge in [0.1, 0.15) is 11.9 Å². The minimum atomic E-state index is -0.605. The van der Waals surface area contributed by atoms with Crippen LogP contribution in [0.3, 0.4) is 0 Å². The Morgan fingerprint density at radius 2 is 1.93 bits per heavy atom. The van der Waals surface area contributed by atoms with E-state index in [0.29, 0.717) is 43.7 Å². The van der Waals surface area contributed by atoms with Gasteiger partial charge in [-0.1, -0.05) is 50.8 Å². The highest BCUT2D eigenvalue weighted by Gasteiger charge is 2.26. The van der Waals surface area contributed by atoms with Crippen LogP contribution < -0.4 is 15.5 Å². The van der Waals surface area contributed by atoms with Crippen molar-refractivity contribution in [3.63, 3.8) is 0 Å². The van der Waals surface area contributed by atoms with Gasteiger partial charge in [-0.15, -0.1) is 0 Å². The van der Waals surface area contributed by atoms with Gasteiger partial charge in [-0.25, -0.2) is 4.98 Å². The third-order valence-electron chi connectivity index (χ3n) is 8.95. The lowest BCUT2D eigenvalue weighted by Crippen LogP contribution is -2.26. The summed E-state index contributed by atoms with van der Waals surface area (Å²) in [7, 11) is 0. The van der Waals surface area contributed by atoms with Gasteiger partial charge < -0.3 is 35.9 Å². The first-order valence-electron chi connectivity index (χ1n) is 15.6. The van der Waals surface area contributed by atoms with Gasteiger partial charge in [0.2, 0.25) is 0 Å². The van der Waals surface area contributed by atoms with Crippen molar-refractivity contribution in [2.24, 2.45) is 11.8 Å². The number of phenols is 1. The molecule has 8 nitrogen and oxygen atoms in total. The highest BCUT2D eigenvalue weighted by atomic mass is 16.5. The maximum atomic E-state index is 10.8. The molecule has 0 spiro atoms. The maximum absolute atomic E-state index is 10.8. The summed E-state index contributed by atoms with van der Waals surface area (Å²) < 4.78 is 6.15. The van der Waals surface area contributed by atoms with Gasteiger partial charge in [0, 0.05) is 6.20 Å². The first-order chi connectivity index (χ1) is 20.3. The van der Waals surface area contributed by atoms with Gasteiger partial charge >= 0.3 is 0 Å². The normalized spacial score (nSPS) is 20.4. The number of hydrogen-bond donors (Lipinski definition) is 5. The highest BCUT2D eigenvalue weighted by molar-refractivity contribution is 5.42. The van der Waals surface area contributed by atoms with Gasteiger partial charge in [0.05, 0.1) is 18.8 Å². The number of nitrogen functional groups attached to an aromatic ring is 1. The molecule has 2 aromatic heterocycles. The van der Waals surface area contributed by atoms with Crippen molar-refractivity contribution in [2.75, 3.05) is 12.3 Å². The van der Waals surface area contributed by atoms with Crippen LogP contribution in [-0.4, -0.2) is 50.3 Å². The van der Waals surface area contributed by atoms with E-state index < -0.39 is 18.3 Å². The van der Waals surface area contributed by atoms with Gasteiger partial charge in [-0.05, 0) is 98.1 Å². The molecule has 42 heavy (non-hydrogen) atoms. The minimum absolute atomic E-state index is 0.00526. The topological polar surface area (TPSA) is 143 Å². The minimum Gasteiger partial charge on any atom is -0.668 e. The Labute approximate surface area is 250 Å². The predicted octanol–water partition coefficient (Wildman–Crippen LogP) is 5.13. The lowest BCUT2D eigenvalue weighted by atomic mass is 9.89. The van der Waals surface area contributed by atoms with E-state index >= 15 is 0 Å². The SMILES string of the molecule is CCC1CCCC(C(O)CC(O)CCc2ccc(O)c(OC(CO)CC(Cc3ccc[n-]3)c3ccnc(N)c3)c2)CC1. The number of phenolic OH excluding ortho intramolecular Hbond substituents is 1. The molecule has 6 N–H and O–H groups in total. The summed E-state index contributed by atoms with van der Waals surface area (Å²) in [5.41, 5.74) is 8.78. The van der Waals surface area contributed by atoms with Gasteiger partial charge in [0.15, 0.2) is 11.5 Å². The smallest absolute Gasteiger partial charge is 0.161 e. The summed E-state index contributed by atoms with van der Waals surface area (Å²) in [6.07, 6.45) is 11.2. The number of aliphatic hydroxyl groups excluding tert-OH is 3.